The SMILES string of the molecule is C=Nc1ccc(C(c2ccc(N)c(O)c2)(C(F)(F)F)C(F)(F)F)cc1O. The minimum atomic E-state index is -5.86. The molecule has 2 aromatic carbocycles. The fourth-order valence-corrected chi connectivity index (χ4v) is 2.65. The van der Waals surface area contributed by atoms with Crippen molar-refractivity contribution in [1.29, 1.82) is 0 Å². The van der Waals surface area contributed by atoms with E-state index in [1.54, 1.807) is 0 Å². The number of hydrogen-bond donors (Lipinski definition) is 3. The number of phenolic OH excluding ortho intramolecular Hbond substituents is 2. The van der Waals surface area contributed by atoms with Crippen LogP contribution in [0.5, 0.6) is 11.5 Å². The molecule has 0 unspecified atom stereocenters. The number of hydrogen-bond acceptors (Lipinski definition) is 4. The van der Waals surface area contributed by atoms with E-state index >= 15 is 0 Å². The zero-order chi connectivity index (χ0) is 19.9. The van der Waals surface area contributed by atoms with Crippen molar-refractivity contribution in [1.82, 2.24) is 0 Å². The van der Waals surface area contributed by atoms with Gasteiger partial charge in [-0.3, -0.25) is 4.99 Å². The van der Waals surface area contributed by atoms with Crippen LogP contribution in [-0.2, 0) is 5.41 Å². The number of benzene rings is 2. The Hall–Kier alpha value is -2.91. The molecule has 0 aromatic heterocycles. The Morgan fingerprint density at radius 1 is 0.808 bits per heavy atom. The molecule has 0 heterocycles. The highest BCUT2D eigenvalue weighted by Crippen LogP contribution is 2.57. The van der Waals surface area contributed by atoms with Crippen LogP contribution < -0.4 is 5.73 Å². The zero-order valence-electron chi connectivity index (χ0n) is 12.9. The van der Waals surface area contributed by atoms with Crippen molar-refractivity contribution in [3.05, 3.63) is 47.5 Å². The van der Waals surface area contributed by atoms with Gasteiger partial charge in [-0.15, -0.1) is 0 Å². The van der Waals surface area contributed by atoms with Crippen LogP contribution in [0.3, 0.4) is 0 Å². The number of alkyl halides is 6. The minimum absolute atomic E-state index is 0.285. The van der Waals surface area contributed by atoms with Crippen LogP contribution in [0.2, 0.25) is 0 Å². The smallest absolute Gasteiger partial charge is 0.411 e. The number of rotatable bonds is 3. The van der Waals surface area contributed by atoms with Crippen LogP contribution in [0.4, 0.5) is 37.7 Å². The molecule has 10 heteroatoms. The van der Waals surface area contributed by atoms with E-state index in [9.17, 15) is 36.6 Å². The topological polar surface area (TPSA) is 78.8 Å². The first-order valence-corrected chi connectivity index (χ1v) is 6.89. The van der Waals surface area contributed by atoms with Crippen molar-refractivity contribution in [2.45, 2.75) is 17.8 Å². The van der Waals surface area contributed by atoms with Gasteiger partial charge in [0.2, 0.25) is 5.41 Å². The fraction of sp³-hybridized carbons (Fsp3) is 0.188. The fourth-order valence-electron chi connectivity index (χ4n) is 2.65. The van der Waals surface area contributed by atoms with Gasteiger partial charge in [-0.2, -0.15) is 26.3 Å². The average Bonchev–Trinajstić information content (AvgIpc) is 2.49. The number of nitrogen functional groups attached to an aromatic ring is 1. The number of nitrogens with two attached hydrogens (primary N) is 1. The van der Waals surface area contributed by atoms with Crippen molar-refractivity contribution in [2.75, 3.05) is 5.73 Å². The largest absolute Gasteiger partial charge is 0.506 e. The van der Waals surface area contributed by atoms with E-state index in [1.807, 2.05) is 0 Å². The molecule has 0 aliphatic carbocycles. The summed E-state index contributed by atoms with van der Waals surface area (Å²) in [6.07, 6.45) is -11.7. The van der Waals surface area contributed by atoms with Crippen molar-refractivity contribution in [3.63, 3.8) is 0 Å². The van der Waals surface area contributed by atoms with E-state index in [4.69, 9.17) is 5.73 Å². The summed E-state index contributed by atoms with van der Waals surface area (Å²) in [5.74, 6) is -1.84. The van der Waals surface area contributed by atoms with Gasteiger partial charge in [0.15, 0.2) is 0 Å². The summed E-state index contributed by atoms with van der Waals surface area (Å²) >= 11 is 0. The third-order valence-corrected chi connectivity index (χ3v) is 3.89. The summed E-state index contributed by atoms with van der Waals surface area (Å²) in [7, 11) is 0. The van der Waals surface area contributed by atoms with Gasteiger partial charge in [0.05, 0.1) is 5.69 Å². The van der Waals surface area contributed by atoms with E-state index in [0.717, 1.165) is 12.1 Å². The van der Waals surface area contributed by atoms with Gasteiger partial charge in [-0.25, -0.2) is 0 Å². The van der Waals surface area contributed by atoms with Crippen LogP contribution in [0, 0.1) is 0 Å². The highest BCUT2D eigenvalue weighted by atomic mass is 19.4. The summed E-state index contributed by atoms with van der Waals surface area (Å²) in [4.78, 5) is 3.30. The van der Waals surface area contributed by atoms with Crippen molar-refractivity contribution >= 4 is 18.1 Å². The van der Waals surface area contributed by atoms with Gasteiger partial charge in [-0.05, 0) is 42.1 Å². The molecule has 2 aromatic rings. The molecule has 4 N–H and O–H groups in total. The first kappa shape index (κ1) is 19.4. The second kappa shape index (κ2) is 6.11. The van der Waals surface area contributed by atoms with Crippen LogP contribution in [0.15, 0.2) is 41.4 Å². The summed E-state index contributed by atoms with van der Waals surface area (Å²) in [5, 5.41) is 19.2. The molecule has 0 atom stereocenters. The Morgan fingerprint density at radius 3 is 1.65 bits per heavy atom. The van der Waals surface area contributed by atoms with Gasteiger partial charge < -0.3 is 15.9 Å². The van der Waals surface area contributed by atoms with E-state index in [-0.39, 0.29) is 11.4 Å². The first-order chi connectivity index (χ1) is 11.9. The molecule has 0 spiro atoms. The van der Waals surface area contributed by atoms with Crippen LogP contribution in [0.1, 0.15) is 11.1 Å². The predicted molar refractivity (Wildman–Crippen MR) is 82.7 cm³/mol. The summed E-state index contributed by atoms with van der Waals surface area (Å²) in [5.41, 5.74) is -2.51. The Kier molecular flexibility index (Phi) is 4.57. The molecule has 0 fully saturated rings. The monoisotopic (exact) mass is 378 g/mol. The molecule has 0 aliphatic heterocycles. The zero-order valence-corrected chi connectivity index (χ0v) is 12.9. The molecule has 0 radical (unpaired) electrons. The van der Waals surface area contributed by atoms with Crippen LogP contribution >= 0.6 is 0 Å². The third-order valence-electron chi connectivity index (χ3n) is 3.89. The minimum Gasteiger partial charge on any atom is -0.506 e. The Labute approximate surface area is 143 Å². The number of anilines is 1. The summed E-state index contributed by atoms with van der Waals surface area (Å²) in [6.45, 7) is 3.06. The van der Waals surface area contributed by atoms with Crippen molar-refractivity contribution in [3.8, 4) is 11.5 Å². The number of aliphatic imine (C=N–C) groups is 1. The lowest BCUT2D eigenvalue weighted by molar-refractivity contribution is -0.288. The van der Waals surface area contributed by atoms with Gasteiger partial charge in [0, 0.05) is 0 Å². The maximum Gasteiger partial charge on any atom is 0.411 e. The number of phenols is 2. The lowest BCUT2D eigenvalue weighted by Gasteiger charge is -2.38. The highest BCUT2D eigenvalue weighted by molar-refractivity contribution is 5.61. The van der Waals surface area contributed by atoms with Crippen LogP contribution in [0.25, 0.3) is 0 Å². The molecular formula is C16H12F6N2O2. The summed E-state index contributed by atoms with van der Waals surface area (Å²) < 4.78 is 83.0. The Balaban J connectivity index is 2.96. The van der Waals surface area contributed by atoms with Gasteiger partial charge >= 0.3 is 12.4 Å². The molecular weight excluding hydrogens is 366 g/mol. The van der Waals surface area contributed by atoms with Gasteiger partial charge in [0.1, 0.15) is 17.2 Å². The second-order valence-electron chi connectivity index (χ2n) is 5.38. The number of aromatic hydroxyl groups is 2. The van der Waals surface area contributed by atoms with E-state index in [2.05, 4.69) is 11.7 Å². The van der Waals surface area contributed by atoms with E-state index in [0.29, 0.717) is 24.3 Å². The number of nitrogens with zero attached hydrogens (tertiary/aromatic N) is 1. The maximum absolute atomic E-state index is 13.8. The third kappa shape index (κ3) is 2.80. The molecule has 0 bridgehead atoms. The number of halogens is 6. The van der Waals surface area contributed by atoms with E-state index in [1.165, 1.54) is 0 Å². The first-order valence-electron chi connectivity index (χ1n) is 6.89. The molecule has 26 heavy (non-hydrogen) atoms. The predicted octanol–water partition coefficient (Wildman–Crippen LogP) is 4.42. The molecule has 0 saturated carbocycles. The van der Waals surface area contributed by atoms with Crippen molar-refractivity contribution in [2.24, 2.45) is 4.99 Å². The van der Waals surface area contributed by atoms with Crippen LogP contribution in [-0.4, -0.2) is 29.3 Å². The highest BCUT2D eigenvalue weighted by Gasteiger charge is 2.72. The molecule has 0 amide bonds. The van der Waals surface area contributed by atoms with Crippen molar-refractivity contribution < 1.29 is 36.6 Å². The normalized spacial score (nSPS) is 12.8. The van der Waals surface area contributed by atoms with Gasteiger partial charge in [-0.1, -0.05) is 12.1 Å². The second-order valence-corrected chi connectivity index (χ2v) is 5.38. The molecule has 0 saturated heterocycles. The molecule has 140 valence electrons. The lowest BCUT2D eigenvalue weighted by atomic mass is 9.72. The average molecular weight is 378 g/mol. The molecule has 2 rings (SSSR count). The Bertz CT molecular complexity index is 832. The summed E-state index contributed by atoms with van der Waals surface area (Å²) in [6, 6.07) is 3.19. The van der Waals surface area contributed by atoms with Gasteiger partial charge in [0.25, 0.3) is 0 Å². The Morgan fingerprint density at radius 2 is 1.27 bits per heavy atom. The standard InChI is InChI=1S/C16H12F6N2O2/c1-24-11-5-3-9(7-13(11)26)14(15(17,18)19,16(20,21)22)8-2-4-10(23)12(25)6-8/h2-7,25-26H,1,23H2. The molecule has 4 nitrogen and oxygen atoms in total. The quantitative estimate of drug-likeness (QED) is 0.320. The van der Waals surface area contributed by atoms with E-state index < -0.39 is 40.4 Å². The maximum atomic E-state index is 13.8. The lowest BCUT2D eigenvalue weighted by Crippen LogP contribution is -2.54. The molecule has 0 aliphatic rings.